The van der Waals surface area contributed by atoms with Crippen molar-refractivity contribution in [3.63, 3.8) is 0 Å². The highest BCUT2D eigenvalue weighted by Gasteiger charge is 2.30. The minimum atomic E-state index is -4.53. The van der Waals surface area contributed by atoms with E-state index in [4.69, 9.17) is 0 Å². The smallest absolute Gasteiger partial charge is 0.334 e. The van der Waals surface area contributed by atoms with Gasteiger partial charge in [-0.15, -0.1) is 0 Å². The van der Waals surface area contributed by atoms with Gasteiger partial charge in [0.25, 0.3) is 0 Å². The van der Waals surface area contributed by atoms with Gasteiger partial charge in [0.1, 0.15) is 6.33 Å². The molecule has 3 rings (SSSR count). The summed E-state index contributed by atoms with van der Waals surface area (Å²) in [5.41, 5.74) is -1.43. The van der Waals surface area contributed by atoms with E-state index in [1.807, 2.05) is 0 Å². The van der Waals surface area contributed by atoms with Gasteiger partial charge in [0, 0.05) is 17.4 Å². The number of nitrogens with zero attached hydrogens (tertiary/aromatic N) is 3. The largest absolute Gasteiger partial charge is 0.416 e. The fourth-order valence-electron chi connectivity index (χ4n) is 2.32. The molecule has 7 nitrogen and oxygen atoms in total. The Morgan fingerprint density at radius 3 is 1.93 bits per heavy atom. The van der Waals surface area contributed by atoms with Crippen LogP contribution in [0, 0.1) is 21.7 Å². The molecule has 0 bridgehead atoms. The molecule has 0 saturated heterocycles. The molecular weight excluding hydrogens is 401 g/mol. The SMILES string of the molecule is O=[N+]([O-])c1c(Nc2ccc(C(F)(F)F)cc2)ncnc1Nc1ccc(F)c(F)c1. The highest BCUT2D eigenvalue weighted by molar-refractivity contribution is 5.76. The Morgan fingerprint density at radius 1 is 0.862 bits per heavy atom. The van der Waals surface area contributed by atoms with Crippen molar-refractivity contribution in [3.05, 3.63) is 76.1 Å². The minimum absolute atomic E-state index is 0.00817. The maximum atomic E-state index is 13.4. The lowest BCUT2D eigenvalue weighted by Gasteiger charge is -2.11. The van der Waals surface area contributed by atoms with E-state index in [2.05, 4.69) is 20.6 Å². The number of benzene rings is 2. The molecule has 0 amide bonds. The van der Waals surface area contributed by atoms with E-state index < -0.39 is 34.0 Å². The second kappa shape index (κ2) is 7.66. The van der Waals surface area contributed by atoms with E-state index in [0.717, 1.165) is 48.8 Å². The molecule has 0 aliphatic rings. The molecule has 0 aliphatic carbocycles. The molecule has 29 heavy (non-hydrogen) atoms. The van der Waals surface area contributed by atoms with Gasteiger partial charge in [-0.25, -0.2) is 18.7 Å². The van der Waals surface area contributed by atoms with Gasteiger partial charge in [0.05, 0.1) is 10.5 Å². The molecule has 1 heterocycles. The molecule has 2 N–H and O–H groups in total. The molecule has 0 spiro atoms. The monoisotopic (exact) mass is 411 g/mol. The summed E-state index contributed by atoms with van der Waals surface area (Å²) in [5.74, 6) is -2.91. The summed E-state index contributed by atoms with van der Waals surface area (Å²) in [6.45, 7) is 0. The zero-order valence-corrected chi connectivity index (χ0v) is 14.2. The number of halogens is 5. The number of hydrogen-bond acceptors (Lipinski definition) is 6. The van der Waals surface area contributed by atoms with Gasteiger partial charge in [0.2, 0.25) is 11.6 Å². The maximum Gasteiger partial charge on any atom is 0.416 e. The third-order valence-electron chi connectivity index (χ3n) is 3.66. The standard InChI is InChI=1S/C17H10F5N5O2/c18-12-6-5-11(7-13(12)19)26-16-14(27(28)29)15(23-8-24-16)25-10-3-1-9(2-4-10)17(20,21)22/h1-8H,(H2,23,24,25,26). The molecular formula is C17H10F5N5O2. The Balaban J connectivity index is 1.92. The summed E-state index contributed by atoms with van der Waals surface area (Å²) in [6, 6.07) is 6.52. The van der Waals surface area contributed by atoms with Crippen molar-refractivity contribution in [3.8, 4) is 0 Å². The fourth-order valence-corrected chi connectivity index (χ4v) is 2.32. The van der Waals surface area contributed by atoms with Crippen LogP contribution in [0.25, 0.3) is 0 Å². The van der Waals surface area contributed by atoms with Crippen molar-refractivity contribution in [1.29, 1.82) is 0 Å². The zero-order chi connectivity index (χ0) is 21.2. The number of rotatable bonds is 5. The van der Waals surface area contributed by atoms with Crippen LogP contribution in [-0.2, 0) is 6.18 Å². The van der Waals surface area contributed by atoms with E-state index in [0.29, 0.717) is 0 Å². The quantitative estimate of drug-likeness (QED) is 0.342. The van der Waals surface area contributed by atoms with Crippen LogP contribution >= 0.6 is 0 Å². The zero-order valence-electron chi connectivity index (χ0n) is 14.2. The Bertz CT molecular complexity index is 1060. The second-order valence-electron chi connectivity index (χ2n) is 5.63. The topological polar surface area (TPSA) is 93.0 Å². The molecule has 0 atom stereocenters. The van der Waals surface area contributed by atoms with Gasteiger partial charge in [-0.3, -0.25) is 10.1 Å². The number of anilines is 4. The van der Waals surface area contributed by atoms with Gasteiger partial charge in [-0.05, 0) is 36.4 Å². The number of aromatic nitrogens is 2. The lowest BCUT2D eigenvalue weighted by molar-refractivity contribution is -0.383. The molecule has 0 aliphatic heterocycles. The van der Waals surface area contributed by atoms with Crippen LogP contribution in [0.3, 0.4) is 0 Å². The molecule has 0 unspecified atom stereocenters. The molecule has 3 aromatic rings. The van der Waals surface area contributed by atoms with Gasteiger partial charge in [-0.1, -0.05) is 0 Å². The lowest BCUT2D eigenvalue weighted by atomic mass is 10.2. The number of nitro groups is 1. The van der Waals surface area contributed by atoms with Crippen LogP contribution in [-0.4, -0.2) is 14.9 Å². The fraction of sp³-hybridized carbons (Fsp3) is 0.0588. The first-order valence-corrected chi connectivity index (χ1v) is 7.81. The van der Waals surface area contributed by atoms with Crippen LogP contribution in [0.2, 0.25) is 0 Å². The van der Waals surface area contributed by atoms with Crippen molar-refractivity contribution < 1.29 is 26.9 Å². The number of hydrogen-bond donors (Lipinski definition) is 2. The summed E-state index contributed by atoms with van der Waals surface area (Å²) in [4.78, 5) is 18.1. The second-order valence-corrected chi connectivity index (χ2v) is 5.63. The molecule has 0 saturated carbocycles. The highest BCUT2D eigenvalue weighted by atomic mass is 19.4. The van der Waals surface area contributed by atoms with Crippen LogP contribution in [0.4, 0.5) is 50.6 Å². The average Bonchev–Trinajstić information content (AvgIpc) is 2.64. The first-order chi connectivity index (χ1) is 13.6. The van der Waals surface area contributed by atoms with Crippen LogP contribution < -0.4 is 10.6 Å². The lowest BCUT2D eigenvalue weighted by Crippen LogP contribution is -2.07. The minimum Gasteiger partial charge on any atom is -0.334 e. The first kappa shape index (κ1) is 19.9. The molecule has 1 aromatic heterocycles. The van der Waals surface area contributed by atoms with Crippen molar-refractivity contribution in [2.75, 3.05) is 10.6 Å². The van der Waals surface area contributed by atoms with E-state index >= 15 is 0 Å². The van der Waals surface area contributed by atoms with Gasteiger partial charge in [-0.2, -0.15) is 13.2 Å². The summed E-state index contributed by atoms with van der Waals surface area (Å²) < 4.78 is 64.3. The normalized spacial score (nSPS) is 11.2. The molecule has 150 valence electrons. The Morgan fingerprint density at radius 2 is 1.41 bits per heavy atom. The predicted molar refractivity (Wildman–Crippen MR) is 93.1 cm³/mol. The van der Waals surface area contributed by atoms with Crippen LogP contribution in [0.1, 0.15) is 5.56 Å². The first-order valence-electron chi connectivity index (χ1n) is 7.81. The van der Waals surface area contributed by atoms with Gasteiger partial charge in [0.15, 0.2) is 11.6 Å². The molecule has 12 heteroatoms. The van der Waals surface area contributed by atoms with E-state index in [-0.39, 0.29) is 23.0 Å². The third kappa shape index (κ3) is 4.54. The van der Waals surface area contributed by atoms with Crippen molar-refractivity contribution >= 4 is 28.7 Å². The molecule has 0 radical (unpaired) electrons. The van der Waals surface area contributed by atoms with Crippen molar-refractivity contribution in [1.82, 2.24) is 9.97 Å². The average molecular weight is 411 g/mol. The Kier molecular flexibility index (Phi) is 5.26. The van der Waals surface area contributed by atoms with Crippen molar-refractivity contribution in [2.45, 2.75) is 6.18 Å². The van der Waals surface area contributed by atoms with Crippen molar-refractivity contribution in [2.24, 2.45) is 0 Å². The Labute approximate surface area is 159 Å². The van der Waals surface area contributed by atoms with E-state index in [1.165, 1.54) is 0 Å². The predicted octanol–water partition coefficient (Wildman–Crippen LogP) is 5.17. The summed E-state index contributed by atoms with van der Waals surface area (Å²) >= 11 is 0. The van der Waals surface area contributed by atoms with Gasteiger partial charge >= 0.3 is 11.9 Å². The number of alkyl halides is 3. The van der Waals surface area contributed by atoms with Crippen LogP contribution in [0.15, 0.2) is 48.8 Å². The third-order valence-corrected chi connectivity index (χ3v) is 3.66. The summed E-state index contributed by atoms with van der Waals surface area (Å²) in [6.07, 6.45) is -3.57. The highest BCUT2D eigenvalue weighted by Crippen LogP contribution is 2.34. The van der Waals surface area contributed by atoms with E-state index in [1.54, 1.807) is 0 Å². The summed E-state index contributed by atoms with van der Waals surface area (Å²) in [5, 5.41) is 16.5. The maximum absolute atomic E-state index is 13.4. The number of nitrogens with one attached hydrogen (secondary N) is 2. The molecule has 2 aromatic carbocycles. The van der Waals surface area contributed by atoms with Crippen LogP contribution in [0.5, 0.6) is 0 Å². The van der Waals surface area contributed by atoms with E-state index in [9.17, 15) is 32.1 Å². The van der Waals surface area contributed by atoms with Gasteiger partial charge < -0.3 is 10.6 Å². The summed E-state index contributed by atoms with van der Waals surface area (Å²) in [7, 11) is 0. The Hall–Kier alpha value is -3.83. The molecule has 0 fully saturated rings.